The monoisotopic (exact) mass is 454 g/mol. The van der Waals surface area contributed by atoms with Crippen LogP contribution < -0.4 is 16.8 Å². The van der Waals surface area contributed by atoms with Crippen molar-refractivity contribution in [3.05, 3.63) is 83.5 Å². The summed E-state index contributed by atoms with van der Waals surface area (Å²) in [6.45, 7) is 0. The highest BCUT2D eigenvalue weighted by molar-refractivity contribution is 6.38. The van der Waals surface area contributed by atoms with E-state index in [-0.39, 0.29) is 27.3 Å². The van der Waals surface area contributed by atoms with Crippen molar-refractivity contribution in [2.24, 2.45) is 0 Å². The van der Waals surface area contributed by atoms with E-state index in [2.05, 4.69) is 5.10 Å². The predicted octanol–water partition coefficient (Wildman–Crippen LogP) is 2.54. The Bertz CT molecular complexity index is 1580. The number of aromatic nitrogens is 5. The summed E-state index contributed by atoms with van der Waals surface area (Å²) in [5, 5.41) is 13.2. The first-order valence-electron chi connectivity index (χ1n) is 9.25. The van der Waals surface area contributed by atoms with Gasteiger partial charge in [0.05, 0.1) is 32.5 Å². The quantitative estimate of drug-likeness (QED) is 0.510. The van der Waals surface area contributed by atoms with Gasteiger partial charge >= 0.3 is 5.69 Å². The van der Waals surface area contributed by atoms with Crippen LogP contribution in [-0.4, -0.2) is 23.9 Å². The number of H-pyrrole nitrogens is 1. The fourth-order valence-electron chi connectivity index (χ4n) is 3.61. The molecule has 0 radical (unpaired) electrons. The molecule has 5 rings (SSSR count). The molecule has 154 valence electrons. The normalized spacial score (nSPS) is 13.5. The summed E-state index contributed by atoms with van der Waals surface area (Å²) in [5.41, 5.74) is -0.0502. The first kappa shape index (κ1) is 19.4. The van der Waals surface area contributed by atoms with Crippen LogP contribution in [-0.2, 0) is 0 Å². The van der Waals surface area contributed by atoms with Gasteiger partial charge in [-0.3, -0.25) is 14.6 Å². The van der Waals surface area contributed by atoms with Gasteiger partial charge in [0.2, 0.25) is 5.69 Å². The van der Waals surface area contributed by atoms with Crippen molar-refractivity contribution in [3.8, 4) is 17.4 Å². The van der Waals surface area contributed by atoms with E-state index in [0.717, 1.165) is 28.6 Å². The molecule has 3 aromatic heterocycles. The number of aromatic amines is 1. The van der Waals surface area contributed by atoms with Crippen LogP contribution in [0.15, 0.2) is 50.9 Å². The van der Waals surface area contributed by atoms with Crippen molar-refractivity contribution in [1.82, 2.24) is 23.9 Å². The van der Waals surface area contributed by atoms with E-state index in [1.54, 1.807) is 27.5 Å². The lowest BCUT2D eigenvalue weighted by Gasteiger charge is -2.14. The van der Waals surface area contributed by atoms with Crippen molar-refractivity contribution < 1.29 is 0 Å². The standard InChI is InChI=1S/C20H12Cl2N6O3/c21-12-7-11(28-20(31)24-19(30)14(9-23)25-28)8-13(22)18(12)26-6-5-16-15(26)3-4-17(29)27(16)10-1-2-10/h3-8,10H,1-2H2,(H,24,30,31). The molecule has 0 bridgehead atoms. The highest BCUT2D eigenvalue weighted by Gasteiger charge is 2.27. The van der Waals surface area contributed by atoms with Crippen molar-refractivity contribution >= 4 is 34.2 Å². The number of hydrogen-bond donors (Lipinski definition) is 1. The molecule has 0 aliphatic heterocycles. The number of nitrogens with zero attached hydrogens (tertiary/aromatic N) is 5. The zero-order valence-corrected chi connectivity index (χ0v) is 17.2. The molecule has 1 saturated carbocycles. The molecule has 0 atom stereocenters. The molecule has 1 aliphatic carbocycles. The summed E-state index contributed by atoms with van der Waals surface area (Å²) in [6.07, 6.45) is 3.70. The zero-order chi connectivity index (χ0) is 21.9. The molecule has 0 unspecified atom stereocenters. The molecule has 3 heterocycles. The Hall–Kier alpha value is -3.61. The lowest BCUT2D eigenvalue weighted by atomic mass is 10.2. The minimum atomic E-state index is -0.877. The molecule has 0 spiro atoms. The average molecular weight is 455 g/mol. The number of hydrogen-bond acceptors (Lipinski definition) is 5. The lowest BCUT2D eigenvalue weighted by molar-refractivity contribution is 0.739. The third-order valence-corrected chi connectivity index (χ3v) is 5.69. The highest BCUT2D eigenvalue weighted by Crippen LogP contribution is 2.38. The van der Waals surface area contributed by atoms with E-state index in [9.17, 15) is 14.4 Å². The van der Waals surface area contributed by atoms with Gasteiger partial charge in [0, 0.05) is 18.3 Å². The number of pyridine rings is 1. The second kappa shape index (κ2) is 6.97. The van der Waals surface area contributed by atoms with E-state index in [1.165, 1.54) is 18.2 Å². The van der Waals surface area contributed by atoms with Gasteiger partial charge < -0.3 is 9.13 Å². The van der Waals surface area contributed by atoms with Gasteiger partial charge in [-0.2, -0.15) is 9.94 Å². The number of rotatable bonds is 3. The van der Waals surface area contributed by atoms with Crippen LogP contribution in [0, 0.1) is 11.3 Å². The smallest absolute Gasteiger partial charge is 0.312 e. The fourth-order valence-corrected chi connectivity index (χ4v) is 4.27. The SMILES string of the molecule is N#Cc1nn(-c2cc(Cl)c(-n3ccc4c3ccc(=O)n4C3CC3)c(Cl)c2)c(=O)[nH]c1=O. The minimum absolute atomic E-state index is 0.0582. The second-order valence-corrected chi connectivity index (χ2v) is 7.93. The van der Waals surface area contributed by atoms with Gasteiger partial charge in [-0.15, -0.1) is 5.10 Å². The van der Waals surface area contributed by atoms with E-state index in [4.69, 9.17) is 28.5 Å². The molecular formula is C20H12Cl2N6O3. The fraction of sp³-hybridized carbons (Fsp3) is 0.150. The summed E-state index contributed by atoms with van der Waals surface area (Å²) in [5.74, 6) is 0. The van der Waals surface area contributed by atoms with E-state index in [0.29, 0.717) is 5.69 Å². The molecule has 31 heavy (non-hydrogen) atoms. The third kappa shape index (κ3) is 3.08. The van der Waals surface area contributed by atoms with Gasteiger partial charge in [-0.05, 0) is 37.1 Å². The zero-order valence-electron chi connectivity index (χ0n) is 15.7. The first-order chi connectivity index (χ1) is 14.9. The first-order valence-corrected chi connectivity index (χ1v) is 10.0. The Morgan fingerprint density at radius 2 is 1.77 bits per heavy atom. The van der Waals surface area contributed by atoms with Crippen LogP contribution in [0.3, 0.4) is 0 Å². The molecule has 9 nitrogen and oxygen atoms in total. The average Bonchev–Trinajstić information content (AvgIpc) is 3.47. The van der Waals surface area contributed by atoms with Crippen LogP contribution in [0.2, 0.25) is 10.0 Å². The molecule has 11 heteroatoms. The molecule has 1 fully saturated rings. The van der Waals surface area contributed by atoms with Crippen LogP contribution in [0.1, 0.15) is 24.6 Å². The molecule has 0 amide bonds. The van der Waals surface area contributed by atoms with Crippen molar-refractivity contribution in [1.29, 1.82) is 5.26 Å². The maximum Gasteiger partial charge on any atom is 0.349 e. The third-order valence-electron chi connectivity index (χ3n) is 5.12. The van der Waals surface area contributed by atoms with E-state index >= 15 is 0 Å². The summed E-state index contributed by atoms with van der Waals surface area (Å²) in [6, 6.07) is 9.81. The van der Waals surface area contributed by atoms with Gasteiger partial charge in [-0.1, -0.05) is 23.2 Å². The van der Waals surface area contributed by atoms with E-state index in [1.807, 2.05) is 11.1 Å². The maximum absolute atomic E-state index is 12.3. The largest absolute Gasteiger partial charge is 0.349 e. The summed E-state index contributed by atoms with van der Waals surface area (Å²) in [7, 11) is 0. The van der Waals surface area contributed by atoms with Gasteiger partial charge in [0.1, 0.15) is 6.07 Å². The van der Waals surface area contributed by atoms with E-state index < -0.39 is 16.9 Å². The highest BCUT2D eigenvalue weighted by atomic mass is 35.5. The number of nitriles is 1. The Labute approximate surface area is 183 Å². The summed E-state index contributed by atoms with van der Waals surface area (Å²) < 4.78 is 4.39. The number of fused-ring (bicyclic) bond motifs is 1. The minimum Gasteiger partial charge on any atom is -0.312 e. The molecule has 0 saturated heterocycles. The lowest BCUT2D eigenvalue weighted by Crippen LogP contribution is -2.33. The van der Waals surface area contributed by atoms with Crippen LogP contribution in [0.5, 0.6) is 0 Å². The predicted molar refractivity (Wildman–Crippen MR) is 115 cm³/mol. The van der Waals surface area contributed by atoms with Gasteiger partial charge in [0.25, 0.3) is 11.1 Å². The molecule has 1 aliphatic rings. The van der Waals surface area contributed by atoms with Crippen LogP contribution >= 0.6 is 23.2 Å². The Morgan fingerprint density at radius 3 is 2.42 bits per heavy atom. The topological polar surface area (TPSA) is 118 Å². The summed E-state index contributed by atoms with van der Waals surface area (Å²) >= 11 is 13.1. The Morgan fingerprint density at radius 1 is 1.06 bits per heavy atom. The molecule has 1 aromatic carbocycles. The number of nitrogens with one attached hydrogen (secondary N) is 1. The Kier molecular flexibility index (Phi) is 4.36. The van der Waals surface area contributed by atoms with Crippen LogP contribution in [0.4, 0.5) is 0 Å². The van der Waals surface area contributed by atoms with Gasteiger partial charge in [-0.25, -0.2) is 4.79 Å². The molecule has 4 aromatic rings. The molecular weight excluding hydrogens is 443 g/mol. The maximum atomic E-state index is 12.3. The van der Waals surface area contributed by atoms with Crippen molar-refractivity contribution in [2.75, 3.05) is 0 Å². The number of benzene rings is 1. The summed E-state index contributed by atoms with van der Waals surface area (Å²) in [4.78, 5) is 38.1. The van der Waals surface area contributed by atoms with Crippen LogP contribution in [0.25, 0.3) is 22.4 Å². The second-order valence-electron chi connectivity index (χ2n) is 7.12. The number of halogens is 2. The molecule has 1 N–H and O–H groups in total. The van der Waals surface area contributed by atoms with Gasteiger partial charge in [0.15, 0.2) is 0 Å². The van der Waals surface area contributed by atoms with Crippen molar-refractivity contribution in [3.63, 3.8) is 0 Å². The van der Waals surface area contributed by atoms with Crippen molar-refractivity contribution in [2.45, 2.75) is 18.9 Å². The Balaban J connectivity index is 1.70.